The molecule has 0 spiro atoms. The van der Waals surface area contributed by atoms with Gasteiger partial charge in [0.15, 0.2) is 10.9 Å². The molecule has 0 saturated carbocycles. The summed E-state index contributed by atoms with van der Waals surface area (Å²) in [7, 11) is 3.52. The molecule has 0 N–H and O–H groups in total. The number of hydrogen-bond acceptors (Lipinski definition) is 5. The molecule has 6 nitrogen and oxygen atoms in total. The molecular weight excluding hydrogens is 384 g/mol. The van der Waals surface area contributed by atoms with Crippen molar-refractivity contribution in [2.75, 3.05) is 14.1 Å². The molecule has 2 aromatic heterocycles. The van der Waals surface area contributed by atoms with Crippen molar-refractivity contribution in [2.24, 2.45) is 0 Å². The molecule has 4 aromatic rings. The van der Waals surface area contributed by atoms with Crippen LogP contribution in [0.4, 0.5) is 0 Å². The van der Waals surface area contributed by atoms with Crippen molar-refractivity contribution in [3.8, 4) is 17.3 Å². The quantitative estimate of drug-likeness (QED) is 0.444. The fraction of sp³-hybridized carbons (Fsp3) is 0.136. The lowest BCUT2D eigenvalue weighted by Crippen LogP contribution is -2.27. The van der Waals surface area contributed by atoms with E-state index in [1.807, 2.05) is 77.4 Å². The van der Waals surface area contributed by atoms with Crippen LogP contribution in [0.25, 0.3) is 17.3 Å². The van der Waals surface area contributed by atoms with Gasteiger partial charge in [0, 0.05) is 19.8 Å². The van der Waals surface area contributed by atoms with E-state index in [1.165, 1.54) is 11.8 Å². The van der Waals surface area contributed by atoms with Gasteiger partial charge < -0.3 is 9.32 Å². The highest BCUT2D eigenvalue weighted by molar-refractivity contribution is 8.00. The zero-order valence-electron chi connectivity index (χ0n) is 16.1. The fourth-order valence-electron chi connectivity index (χ4n) is 2.95. The highest BCUT2D eigenvalue weighted by Gasteiger charge is 2.28. The van der Waals surface area contributed by atoms with E-state index >= 15 is 0 Å². The van der Waals surface area contributed by atoms with Crippen molar-refractivity contribution in [3.63, 3.8) is 0 Å². The van der Waals surface area contributed by atoms with Gasteiger partial charge in [0.25, 0.3) is 0 Å². The Morgan fingerprint density at radius 1 is 0.966 bits per heavy atom. The van der Waals surface area contributed by atoms with Crippen LogP contribution in [0.5, 0.6) is 0 Å². The molecule has 0 bridgehead atoms. The largest absolute Gasteiger partial charge is 0.461 e. The SMILES string of the molecule is CN(C)C(=O)[C@H](Sc1nnc(-c2ccco2)n1-c1ccccc1)c1ccccc1. The number of hydrogen-bond donors (Lipinski definition) is 0. The van der Waals surface area contributed by atoms with Crippen LogP contribution in [0, 0.1) is 0 Å². The summed E-state index contributed by atoms with van der Waals surface area (Å²) in [5.74, 6) is 1.19. The maximum absolute atomic E-state index is 13.0. The molecule has 146 valence electrons. The average Bonchev–Trinajstić information content (AvgIpc) is 3.42. The van der Waals surface area contributed by atoms with E-state index in [0.717, 1.165) is 11.3 Å². The van der Waals surface area contributed by atoms with Crippen molar-refractivity contribution in [2.45, 2.75) is 10.4 Å². The molecule has 0 aliphatic heterocycles. The van der Waals surface area contributed by atoms with Crippen LogP contribution >= 0.6 is 11.8 Å². The molecule has 2 aromatic carbocycles. The number of furan rings is 1. The number of para-hydroxylation sites is 1. The van der Waals surface area contributed by atoms with Gasteiger partial charge in [-0.05, 0) is 29.8 Å². The maximum atomic E-state index is 13.0. The Labute approximate surface area is 173 Å². The number of carbonyl (C=O) groups excluding carboxylic acids is 1. The molecule has 0 radical (unpaired) electrons. The summed E-state index contributed by atoms with van der Waals surface area (Å²) in [6.45, 7) is 0. The summed E-state index contributed by atoms with van der Waals surface area (Å²) >= 11 is 1.37. The molecule has 1 amide bonds. The van der Waals surface area contributed by atoms with Crippen molar-refractivity contribution >= 4 is 17.7 Å². The number of likely N-dealkylation sites (N-methyl/N-ethyl adjacent to an activating group) is 1. The summed E-state index contributed by atoms with van der Waals surface area (Å²) in [4.78, 5) is 14.6. The second kappa shape index (κ2) is 8.36. The number of aromatic nitrogens is 3. The minimum absolute atomic E-state index is 0.0108. The topological polar surface area (TPSA) is 64.2 Å². The Morgan fingerprint density at radius 2 is 1.66 bits per heavy atom. The average molecular weight is 404 g/mol. The highest BCUT2D eigenvalue weighted by atomic mass is 32.2. The first-order valence-electron chi connectivity index (χ1n) is 9.12. The number of benzene rings is 2. The fourth-order valence-corrected chi connectivity index (χ4v) is 4.15. The first-order chi connectivity index (χ1) is 14.1. The minimum atomic E-state index is -0.442. The van der Waals surface area contributed by atoms with E-state index in [1.54, 1.807) is 25.3 Å². The normalized spacial score (nSPS) is 11.9. The van der Waals surface area contributed by atoms with E-state index in [4.69, 9.17) is 4.42 Å². The van der Waals surface area contributed by atoms with Gasteiger partial charge in [-0.15, -0.1) is 10.2 Å². The third-order valence-corrected chi connectivity index (χ3v) is 5.56. The highest BCUT2D eigenvalue weighted by Crippen LogP contribution is 2.38. The summed E-state index contributed by atoms with van der Waals surface area (Å²) in [5, 5.41) is 8.94. The van der Waals surface area contributed by atoms with Crippen LogP contribution < -0.4 is 0 Å². The standard InChI is InChI=1S/C22H20N4O2S/c1-25(2)21(27)19(16-10-5-3-6-11-16)29-22-24-23-20(18-14-9-15-28-18)26(22)17-12-7-4-8-13-17/h3-15,19H,1-2H3/t19-/m1/s1. The molecule has 0 unspecified atom stereocenters. The molecule has 0 fully saturated rings. The molecular formula is C22H20N4O2S. The number of carbonyl (C=O) groups is 1. The third-order valence-electron chi connectivity index (χ3n) is 4.38. The van der Waals surface area contributed by atoms with E-state index in [2.05, 4.69) is 10.2 Å². The Hall–Kier alpha value is -3.32. The van der Waals surface area contributed by atoms with Crippen LogP contribution in [-0.4, -0.2) is 39.7 Å². The first-order valence-corrected chi connectivity index (χ1v) is 10.0. The van der Waals surface area contributed by atoms with Crippen molar-refractivity contribution in [1.29, 1.82) is 0 Å². The zero-order chi connectivity index (χ0) is 20.2. The van der Waals surface area contributed by atoms with E-state index in [9.17, 15) is 4.79 Å². The summed E-state index contributed by atoms with van der Waals surface area (Å²) in [6, 6.07) is 23.2. The Morgan fingerprint density at radius 3 is 2.28 bits per heavy atom. The molecule has 29 heavy (non-hydrogen) atoms. The Bertz CT molecular complexity index is 1080. The molecule has 0 aliphatic rings. The van der Waals surface area contributed by atoms with Crippen LogP contribution in [0.15, 0.2) is 88.6 Å². The monoisotopic (exact) mass is 404 g/mol. The van der Waals surface area contributed by atoms with Crippen LogP contribution in [0.3, 0.4) is 0 Å². The second-order valence-electron chi connectivity index (χ2n) is 6.60. The second-order valence-corrected chi connectivity index (χ2v) is 7.67. The first kappa shape index (κ1) is 19.0. The number of nitrogens with zero attached hydrogens (tertiary/aromatic N) is 4. The smallest absolute Gasteiger partial charge is 0.240 e. The number of thioether (sulfide) groups is 1. The maximum Gasteiger partial charge on any atom is 0.240 e. The number of rotatable bonds is 6. The molecule has 0 aliphatic carbocycles. The van der Waals surface area contributed by atoms with Gasteiger partial charge in [-0.2, -0.15) is 0 Å². The van der Waals surface area contributed by atoms with Crippen molar-refractivity contribution in [3.05, 3.63) is 84.6 Å². The lowest BCUT2D eigenvalue weighted by molar-refractivity contribution is -0.128. The van der Waals surface area contributed by atoms with Gasteiger partial charge in [-0.3, -0.25) is 9.36 Å². The molecule has 2 heterocycles. The summed E-state index contributed by atoms with van der Waals surface area (Å²) in [5.41, 5.74) is 1.81. The predicted octanol–water partition coefficient (Wildman–Crippen LogP) is 4.45. The molecule has 0 saturated heterocycles. The number of amides is 1. The molecule has 7 heteroatoms. The Kier molecular flexibility index (Phi) is 5.48. The van der Waals surface area contributed by atoms with Crippen LogP contribution in [0.2, 0.25) is 0 Å². The van der Waals surface area contributed by atoms with Crippen molar-refractivity contribution in [1.82, 2.24) is 19.7 Å². The van der Waals surface area contributed by atoms with E-state index in [-0.39, 0.29) is 5.91 Å². The predicted molar refractivity (Wildman–Crippen MR) is 113 cm³/mol. The summed E-state index contributed by atoms with van der Waals surface area (Å²) < 4.78 is 7.48. The van der Waals surface area contributed by atoms with Gasteiger partial charge >= 0.3 is 0 Å². The van der Waals surface area contributed by atoms with Crippen molar-refractivity contribution < 1.29 is 9.21 Å². The summed E-state index contributed by atoms with van der Waals surface area (Å²) in [6.07, 6.45) is 1.61. The van der Waals surface area contributed by atoms with Gasteiger partial charge in [0.2, 0.25) is 11.7 Å². The van der Waals surface area contributed by atoms with Gasteiger partial charge in [-0.25, -0.2) is 0 Å². The zero-order valence-corrected chi connectivity index (χ0v) is 16.9. The lowest BCUT2D eigenvalue weighted by Gasteiger charge is -2.20. The Balaban J connectivity index is 1.81. The lowest BCUT2D eigenvalue weighted by atomic mass is 10.1. The van der Waals surface area contributed by atoms with E-state index < -0.39 is 5.25 Å². The minimum Gasteiger partial charge on any atom is -0.461 e. The van der Waals surface area contributed by atoms with Crippen LogP contribution in [-0.2, 0) is 4.79 Å². The van der Waals surface area contributed by atoms with Crippen LogP contribution in [0.1, 0.15) is 10.8 Å². The molecule has 1 atom stereocenters. The van der Waals surface area contributed by atoms with Gasteiger partial charge in [0.1, 0.15) is 5.25 Å². The van der Waals surface area contributed by atoms with Gasteiger partial charge in [-0.1, -0.05) is 60.3 Å². The van der Waals surface area contributed by atoms with E-state index in [0.29, 0.717) is 16.7 Å². The van der Waals surface area contributed by atoms with Gasteiger partial charge in [0.05, 0.1) is 6.26 Å². The molecule has 4 rings (SSSR count). The third kappa shape index (κ3) is 3.95.